The molecule has 10 heteroatoms. The van der Waals surface area contributed by atoms with Crippen LogP contribution in [0.25, 0.3) is 0 Å². The second kappa shape index (κ2) is 62.5. The second-order valence-corrected chi connectivity index (χ2v) is 25.4. The van der Waals surface area contributed by atoms with E-state index in [0.717, 1.165) is 141 Å². The van der Waals surface area contributed by atoms with Crippen LogP contribution in [0, 0.1) is 0 Å². The van der Waals surface area contributed by atoms with E-state index in [1.54, 1.807) is 0 Å². The quantitative estimate of drug-likeness (QED) is 0.0205. The summed E-state index contributed by atoms with van der Waals surface area (Å²) in [5.41, 5.74) is 0. The zero-order chi connectivity index (χ0) is 61.4. The lowest BCUT2D eigenvalue weighted by Gasteiger charge is -2.27. The molecule has 0 fully saturated rings. The topological polar surface area (TPSA) is 111 Å². The number of amides is 1. The molecule has 0 rings (SSSR count). The summed E-state index contributed by atoms with van der Waals surface area (Å²) < 4.78 is 30.8. The standard InChI is InChI=1S/C74H129N2O7P/c1-7-10-13-16-19-22-25-28-30-32-34-36-37-38-39-41-43-45-47-49-52-55-58-61-64-67-74(78)83-72(65-62-59-56-53-50-27-24-21-18-15-12-9-3)71(70-82-84(79,80)81-69-68-76(4,5)6)75-73(77)66-63-60-57-54-51-48-46-44-42-40-35-33-31-29-26-23-20-17-14-11-8-2/h10,13,19-20,22-23,28-31,34-36,38-40,44,46,62,65,71-72H,7-9,11-12,14-18,21,24-27,32-33,37,41-43,45,47-61,63-64,66-70H2,1-6H3,(H-,75,77,79,80)/p+1/b13-10-,22-19-,23-20-,30-28-,31-29-,36-34-,39-38-,40-35-,46-44-,65-62+. The summed E-state index contributed by atoms with van der Waals surface area (Å²) in [7, 11) is 1.47. The third-order valence-electron chi connectivity index (χ3n) is 14.6. The Morgan fingerprint density at radius 2 is 0.762 bits per heavy atom. The maximum atomic E-state index is 13.6. The van der Waals surface area contributed by atoms with E-state index in [2.05, 4.69) is 135 Å². The number of carbonyl (C=O) groups excluding carboxylic acids is 2. The van der Waals surface area contributed by atoms with Crippen molar-refractivity contribution in [3.63, 3.8) is 0 Å². The molecule has 0 saturated heterocycles. The van der Waals surface area contributed by atoms with Gasteiger partial charge in [-0.25, -0.2) is 4.57 Å². The van der Waals surface area contributed by atoms with Gasteiger partial charge in [0.1, 0.15) is 19.3 Å². The van der Waals surface area contributed by atoms with E-state index in [-0.39, 0.29) is 31.5 Å². The highest BCUT2D eigenvalue weighted by Crippen LogP contribution is 2.43. The molecule has 3 atom stereocenters. The van der Waals surface area contributed by atoms with Crippen LogP contribution >= 0.6 is 7.82 Å². The lowest BCUT2D eigenvalue weighted by Crippen LogP contribution is -2.47. The molecule has 9 nitrogen and oxygen atoms in total. The van der Waals surface area contributed by atoms with Crippen LogP contribution in [-0.4, -0.2) is 74.3 Å². The number of nitrogens with zero attached hydrogens (tertiary/aromatic N) is 1. The van der Waals surface area contributed by atoms with Crippen LogP contribution in [0.5, 0.6) is 0 Å². The lowest BCUT2D eigenvalue weighted by atomic mass is 10.0. The molecular formula is C74H130N2O7P+. The minimum atomic E-state index is -4.47. The zero-order valence-corrected chi connectivity index (χ0v) is 56.0. The number of ether oxygens (including phenoxy) is 1. The highest BCUT2D eigenvalue weighted by Gasteiger charge is 2.30. The van der Waals surface area contributed by atoms with Gasteiger partial charge in [0.05, 0.1) is 33.8 Å². The highest BCUT2D eigenvalue weighted by molar-refractivity contribution is 7.47. The number of likely N-dealkylation sites (N-methyl/N-ethyl adjacent to an activating group) is 1. The third kappa shape index (κ3) is 62.9. The number of carbonyl (C=O) groups is 2. The Morgan fingerprint density at radius 1 is 0.429 bits per heavy atom. The van der Waals surface area contributed by atoms with Crippen molar-refractivity contribution >= 4 is 19.7 Å². The van der Waals surface area contributed by atoms with E-state index in [0.29, 0.717) is 17.4 Å². The van der Waals surface area contributed by atoms with E-state index < -0.39 is 20.0 Å². The van der Waals surface area contributed by atoms with Gasteiger partial charge in [-0.2, -0.15) is 0 Å². The van der Waals surface area contributed by atoms with Crippen LogP contribution in [0.2, 0.25) is 0 Å². The van der Waals surface area contributed by atoms with Crippen molar-refractivity contribution in [2.75, 3.05) is 40.9 Å². The first-order chi connectivity index (χ1) is 40.9. The van der Waals surface area contributed by atoms with Crippen molar-refractivity contribution in [3.05, 3.63) is 122 Å². The molecule has 0 heterocycles. The van der Waals surface area contributed by atoms with Gasteiger partial charge in [-0.1, -0.05) is 271 Å². The number of phosphoric ester groups is 1. The van der Waals surface area contributed by atoms with E-state index >= 15 is 0 Å². The van der Waals surface area contributed by atoms with Crippen LogP contribution in [0.3, 0.4) is 0 Å². The van der Waals surface area contributed by atoms with Gasteiger partial charge >= 0.3 is 13.8 Å². The van der Waals surface area contributed by atoms with Crippen molar-refractivity contribution in [1.82, 2.24) is 5.32 Å². The van der Waals surface area contributed by atoms with E-state index in [1.165, 1.54) is 109 Å². The molecule has 482 valence electrons. The molecule has 0 aromatic heterocycles. The van der Waals surface area contributed by atoms with Crippen LogP contribution < -0.4 is 5.32 Å². The maximum absolute atomic E-state index is 13.6. The van der Waals surface area contributed by atoms with Gasteiger partial charge in [-0.05, 0) is 122 Å². The lowest BCUT2D eigenvalue weighted by molar-refractivity contribution is -0.870. The van der Waals surface area contributed by atoms with Gasteiger partial charge in [-0.15, -0.1) is 0 Å². The fraction of sp³-hybridized carbons (Fsp3) is 0.703. The fourth-order valence-electron chi connectivity index (χ4n) is 9.36. The fourth-order valence-corrected chi connectivity index (χ4v) is 10.1. The van der Waals surface area contributed by atoms with Crippen molar-refractivity contribution in [1.29, 1.82) is 0 Å². The van der Waals surface area contributed by atoms with Gasteiger partial charge in [0.2, 0.25) is 5.91 Å². The Bertz CT molecular complexity index is 1850. The van der Waals surface area contributed by atoms with Crippen molar-refractivity contribution in [3.8, 4) is 0 Å². The summed E-state index contributed by atoms with van der Waals surface area (Å²) in [4.78, 5) is 37.9. The van der Waals surface area contributed by atoms with Gasteiger partial charge in [0.25, 0.3) is 0 Å². The van der Waals surface area contributed by atoms with Gasteiger partial charge in [0.15, 0.2) is 0 Å². The minimum Gasteiger partial charge on any atom is -0.456 e. The van der Waals surface area contributed by atoms with Crippen LogP contribution in [0.15, 0.2) is 122 Å². The summed E-state index contributed by atoms with van der Waals surface area (Å²) in [6.07, 6.45) is 87.7. The first-order valence-electron chi connectivity index (χ1n) is 34.4. The second-order valence-electron chi connectivity index (χ2n) is 24.0. The van der Waals surface area contributed by atoms with Crippen LogP contribution in [-0.2, 0) is 27.9 Å². The number of unbranched alkanes of at least 4 members (excludes halogenated alkanes) is 27. The van der Waals surface area contributed by atoms with E-state index in [4.69, 9.17) is 13.8 Å². The number of nitrogens with one attached hydrogen (secondary N) is 1. The van der Waals surface area contributed by atoms with Crippen molar-refractivity contribution in [2.45, 2.75) is 296 Å². The van der Waals surface area contributed by atoms with Gasteiger partial charge < -0.3 is 19.4 Å². The molecule has 0 aliphatic rings. The number of quaternary nitrogens is 1. The normalized spacial score (nSPS) is 14.3. The molecule has 0 spiro atoms. The Kier molecular flexibility index (Phi) is 59.8. The average Bonchev–Trinajstić information content (AvgIpc) is 3.64. The summed E-state index contributed by atoms with van der Waals surface area (Å²) >= 11 is 0. The Labute approximate surface area is 518 Å². The minimum absolute atomic E-state index is 0.0292. The number of hydrogen-bond donors (Lipinski definition) is 2. The molecule has 1 amide bonds. The molecule has 0 aliphatic carbocycles. The molecule has 2 N–H and O–H groups in total. The molecule has 0 aromatic carbocycles. The monoisotopic (exact) mass is 1190 g/mol. The molecule has 0 aromatic rings. The Hall–Kier alpha value is -3.59. The molecule has 0 saturated carbocycles. The van der Waals surface area contributed by atoms with Crippen LogP contribution in [0.1, 0.15) is 284 Å². The molecule has 0 bridgehead atoms. The summed E-state index contributed by atoms with van der Waals surface area (Å²) in [5.74, 6) is -0.536. The number of allylic oxidation sites excluding steroid dienone is 19. The predicted molar refractivity (Wildman–Crippen MR) is 364 cm³/mol. The number of esters is 1. The molecule has 0 aliphatic heterocycles. The van der Waals surface area contributed by atoms with Gasteiger partial charge in [-0.3, -0.25) is 18.6 Å². The third-order valence-corrected chi connectivity index (χ3v) is 15.6. The first-order valence-corrected chi connectivity index (χ1v) is 35.9. The van der Waals surface area contributed by atoms with Crippen molar-refractivity contribution in [2.24, 2.45) is 0 Å². The smallest absolute Gasteiger partial charge is 0.456 e. The summed E-state index contributed by atoms with van der Waals surface area (Å²) in [6.45, 7) is 6.85. The Morgan fingerprint density at radius 3 is 1.17 bits per heavy atom. The summed E-state index contributed by atoms with van der Waals surface area (Å²) in [6, 6.07) is -0.870. The van der Waals surface area contributed by atoms with E-state index in [1.807, 2.05) is 33.3 Å². The predicted octanol–water partition coefficient (Wildman–Crippen LogP) is 21.8. The zero-order valence-electron chi connectivity index (χ0n) is 55.1. The molecule has 0 radical (unpaired) electrons. The van der Waals surface area contributed by atoms with Gasteiger partial charge in [0, 0.05) is 12.8 Å². The maximum Gasteiger partial charge on any atom is 0.472 e. The molecule has 3 unspecified atom stereocenters. The van der Waals surface area contributed by atoms with E-state index in [9.17, 15) is 19.0 Å². The Balaban J connectivity index is 5.18. The first kappa shape index (κ1) is 80.4. The van der Waals surface area contributed by atoms with Crippen LogP contribution in [0.4, 0.5) is 0 Å². The number of rotatable bonds is 61. The average molecular weight is 1190 g/mol. The summed E-state index contributed by atoms with van der Waals surface area (Å²) in [5, 5.41) is 3.05. The van der Waals surface area contributed by atoms with Crippen molar-refractivity contribution < 1.29 is 37.3 Å². The number of phosphoric acid groups is 1. The highest BCUT2D eigenvalue weighted by atomic mass is 31.2. The number of hydrogen-bond acceptors (Lipinski definition) is 6. The molecule has 84 heavy (non-hydrogen) atoms. The molecular weight excluding hydrogens is 1060 g/mol. The SMILES string of the molecule is CC/C=C\C/C=C\C/C=C\C/C=C\C/C=C\CCCCCCCCCCCC(=O)OC(/C=C/CCCCCCCCCCCC)C(COP(=O)(O)OCC[N+](C)(C)C)NC(=O)CCCCCCC/C=C\C/C=C\C/C=C\C/C=C\CCCCC. The largest absolute Gasteiger partial charge is 0.472 e.